The third-order valence-corrected chi connectivity index (χ3v) is 2.38. The quantitative estimate of drug-likeness (QED) is 0.575. The van der Waals surface area contributed by atoms with Crippen LogP contribution in [-0.2, 0) is 0 Å². The minimum absolute atomic E-state index is 0.326. The van der Waals surface area contributed by atoms with Crippen molar-refractivity contribution in [1.82, 2.24) is 24.5 Å². The van der Waals surface area contributed by atoms with Crippen LogP contribution in [-0.4, -0.2) is 38.1 Å². The maximum atomic E-state index is 5.37. The summed E-state index contributed by atoms with van der Waals surface area (Å²) in [5.74, 6) is 6.75. The summed E-state index contributed by atoms with van der Waals surface area (Å²) in [7, 11) is 1.93. The predicted molar refractivity (Wildman–Crippen MR) is 68.3 cm³/mol. The summed E-state index contributed by atoms with van der Waals surface area (Å²) in [5, 5.41) is 0. The number of nitrogens with zero attached hydrogens (tertiary/aromatic N) is 6. The number of hydrogen-bond acceptors (Lipinski definition) is 7. The van der Waals surface area contributed by atoms with Crippen molar-refractivity contribution < 1.29 is 0 Å². The Balaban J connectivity index is 2.39. The van der Waals surface area contributed by atoms with Crippen LogP contribution in [0.2, 0.25) is 0 Å². The first-order chi connectivity index (χ1) is 8.74. The third-order valence-electron chi connectivity index (χ3n) is 2.38. The van der Waals surface area contributed by atoms with Crippen molar-refractivity contribution in [2.75, 3.05) is 23.9 Å². The Kier molecular flexibility index (Phi) is 3.68. The lowest BCUT2D eigenvalue weighted by Crippen LogP contribution is -2.23. The number of nitrogen functional groups attached to an aromatic ring is 1. The highest BCUT2D eigenvalue weighted by Gasteiger charge is 2.10. The number of anilines is 2. The van der Waals surface area contributed by atoms with Crippen molar-refractivity contribution in [1.29, 1.82) is 0 Å². The maximum Gasteiger partial charge on any atom is 0.243 e. The van der Waals surface area contributed by atoms with E-state index >= 15 is 0 Å². The van der Waals surface area contributed by atoms with Crippen molar-refractivity contribution in [3.63, 3.8) is 0 Å². The van der Waals surface area contributed by atoms with E-state index < -0.39 is 0 Å². The molecule has 3 N–H and O–H groups in total. The topological polar surface area (TPSA) is 97.8 Å². The van der Waals surface area contributed by atoms with Gasteiger partial charge < -0.3 is 4.90 Å². The minimum Gasteiger partial charge on any atom is -0.344 e. The Morgan fingerprint density at radius 3 is 2.83 bits per heavy atom. The Morgan fingerprint density at radius 1 is 1.39 bits per heavy atom. The highest BCUT2D eigenvalue weighted by atomic mass is 15.4. The van der Waals surface area contributed by atoms with Crippen LogP contribution in [0.1, 0.15) is 13.3 Å². The van der Waals surface area contributed by atoms with E-state index in [-0.39, 0.29) is 0 Å². The van der Waals surface area contributed by atoms with E-state index in [1.807, 2.05) is 11.9 Å². The van der Waals surface area contributed by atoms with E-state index in [1.165, 1.54) is 0 Å². The molecule has 0 radical (unpaired) electrons. The SMILES string of the molecule is CCCN(C)c1nc(NN)nc(-n2ccnc2)n1. The largest absolute Gasteiger partial charge is 0.344 e. The summed E-state index contributed by atoms with van der Waals surface area (Å²) >= 11 is 0. The molecule has 8 heteroatoms. The Labute approximate surface area is 105 Å². The molecule has 2 heterocycles. The molecule has 0 saturated carbocycles. The van der Waals surface area contributed by atoms with Gasteiger partial charge in [-0.05, 0) is 6.42 Å². The molecule has 0 unspecified atom stereocenters. The Bertz CT molecular complexity index is 495. The third kappa shape index (κ3) is 2.54. The Morgan fingerprint density at radius 2 is 2.22 bits per heavy atom. The molecule has 0 spiro atoms. The summed E-state index contributed by atoms with van der Waals surface area (Å²) in [6, 6.07) is 0. The van der Waals surface area contributed by atoms with Crippen LogP contribution in [0.5, 0.6) is 0 Å². The monoisotopic (exact) mass is 248 g/mol. The van der Waals surface area contributed by atoms with Gasteiger partial charge in [0, 0.05) is 26.0 Å². The van der Waals surface area contributed by atoms with Gasteiger partial charge >= 0.3 is 0 Å². The highest BCUT2D eigenvalue weighted by Crippen LogP contribution is 2.11. The average Bonchev–Trinajstić information content (AvgIpc) is 2.92. The second-order valence-electron chi connectivity index (χ2n) is 3.79. The number of hydrazine groups is 1. The molecule has 0 aliphatic carbocycles. The van der Waals surface area contributed by atoms with Gasteiger partial charge in [0.05, 0.1) is 0 Å². The lowest BCUT2D eigenvalue weighted by molar-refractivity contribution is 0.796. The fraction of sp³-hybridized carbons (Fsp3) is 0.400. The van der Waals surface area contributed by atoms with Crippen LogP contribution in [0.15, 0.2) is 18.7 Å². The first-order valence-electron chi connectivity index (χ1n) is 5.66. The summed E-state index contributed by atoms with van der Waals surface area (Å²) < 4.78 is 1.70. The fourth-order valence-electron chi connectivity index (χ4n) is 1.52. The maximum absolute atomic E-state index is 5.37. The van der Waals surface area contributed by atoms with E-state index in [0.717, 1.165) is 13.0 Å². The summed E-state index contributed by atoms with van der Waals surface area (Å²) in [5.41, 5.74) is 2.44. The molecule has 0 saturated heterocycles. The zero-order chi connectivity index (χ0) is 13.0. The van der Waals surface area contributed by atoms with E-state index in [0.29, 0.717) is 17.8 Å². The van der Waals surface area contributed by atoms with Gasteiger partial charge in [-0.25, -0.2) is 10.8 Å². The Hall–Kier alpha value is -2.22. The van der Waals surface area contributed by atoms with Crippen LogP contribution in [0, 0.1) is 0 Å². The normalized spacial score (nSPS) is 10.4. The molecule has 2 rings (SSSR count). The van der Waals surface area contributed by atoms with Gasteiger partial charge in [-0.3, -0.25) is 9.99 Å². The molecule has 0 aliphatic heterocycles. The molecular formula is C10H16N8. The molecule has 96 valence electrons. The predicted octanol–water partition coefficient (Wildman–Crippen LogP) is 0.189. The first kappa shape index (κ1) is 12.2. The standard InChI is InChI=1S/C10H16N8/c1-3-5-17(2)9-13-8(16-11)14-10(15-9)18-6-4-12-7-18/h4,6-7H,3,5,11H2,1-2H3,(H,13,14,15,16). The van der Waals surface area contributed by atoms with Crippen LogP contribution in [0.25, 0.3) is 5.95 Å². The highest BCUT2D eigenvalue weighted by molar-refractivity contribution is 5.38. The average molecular weight is 248 g/mol. The molecule has 0 aliphatic rings. The molecule has 2 aromatic rings. The molecule has 18 heavy (non-hydrogen) atoms. The van der Waals surface area contributed by atoms with E-state index in [4.69, 9.17) is 5.84 Å². The molecule has 0 amide bonds. The minimum atomic E-state index is 0.326. The lowest BCUT2D eigenvalue weighted by atomic mass is 10.4. The number of nitrogens with two attached hydrogens (primary N) is 1. The summed E-state index contributed by atoms with van der Waals surface area (Å²) in [6.45, 7) is 2.95. The van der Waals surface area contributed by atoms with Crippen molar-refractivity contribution in [3.8, 4) is 5.95 Å². The lowest BCUT2D eigenvalue weighted by Gasteiger charge is -2.17. The van der Waals surface area contributed by atoms with E-state index in [1.54, 1.807) is 23.3 Å². The smallest absolute Gasteiger partial charge is 0.243 e. The van der Waals surface area contributed by atoms with Crippen LogP contribution in [0.4, 0.5) is 11.9 Å². The van der Waals surface area contributed by atoms with E-state index in [9.17, 15) is 0 Å². The van der Waals surface area contributed by atoms with Gasteiger partial charge in [-0.15, -0.1) is 0 Å². The van der Waals surface area contributed by atoms with Gasteiger partial charge in [0.25, 0.3) is 0 Å². The van der Waals surface area contributed by atoms with Gasteiger partial charge in [0.2, 0.25) is 17.8 Å². The van der Waals surface area contributed by atoms with E-state index in [2.05, 4.69) is 32.3 Å². The molecule has 0 atom stereocenters. The van der Waals surface area contributed by atoms with Crippen LogP contribution < -0.4 is 16.2 Å². The molecule has 2 aromatic heterocycles. The summed E-state index contributed by atoms with van der Waals surface area (Å²) in [6.07, 6.45) is 6.06. The van der Waals surface area contributed by atoms with Gasteiger partial charge in [0.15, 0.2) is 0 Å². The number of imidazole rings is 1. The summed E-state index contributed by atoms with van der Waals surface area (Å²) in [4.78, 5) is 18.7. The van der Waals surface area contributed by atoms with Crippen molar-refractivity contribution in [3.05, 3.63) is 18.7 Å². The first-order valence-corrected chi connectivity index (χ1v) is 5.66. The molecule has 0 fully saturated rings. The van der Waals surface area contributed by atoms with Crippen molar-refractivity contribution in [2.24, 2.45) is 5.84 Å². The number of hydrogen-bond donors (Lipinski definition) is 2. The number of nitrogens with one attached hydrogen (secondary N) is 1. The van der Waals surface area contributed by atoms with Gasteiger partial charge in [-0.2, -0.15) is 15.0 Å². The number of rotatable bonds is 5. The second kappa shape index (κ2) is 5.41. The zero-order valence-electron chi connectivity index (χ0n) is 10.4. The van der Waals surface area contributed by atoms with Crippen molar-refractivity contribution >= 4 is 11.9 Å². The fourth-order valence-corrected chi connectivity index (χ4v) is 1.52. The number of aromatic nitrogens is 5. The van der Waals surface area contributed by atoms with Crippen LogP contribution in [0.3, 0.4) is 0 Å². The van der Waals surface area contributed by atoms with Gasteiger partial charge in [0.1, 0.15) is 6.33 Å². The molecule has 0 bridgehead atoms. The van der Waals surface area contributed by atoms with Gasteiger partial charge in [-0.1, -0.05) is 6.92 Å². The zero-order valence-corrected chi connectivity index (χ0v) is 10.4. The van der Waals surface area contributed by atoms with Crippen molar-refractivity contribution in [2.45, 2.75) is 13.3 Å². The second-order valence-corrected chi connectivity index (χ2v) is 3.79. The molecule has 8 nitrogen and oxygen atoms in total. The molecule has 0 aromatic carbocycles. The molecular weight excluding hydrogens is 232 g/mol. The van der Waals surface area contributed by atoms with Crippen LogP contribution >= 0.6 is 0 Å².